The molecule has 0 unspecified atom stereocenters. The molecule has 5 heteroatoms. The highest BCUT2D eigenvalue weighted by atomic mass is 79.9. The van der Waals surface area contributed by atoms with Crippen LogP contribution < -0.4 is 10.5 Å². The van der Waals surface area contributed by atoms with E-state index in [-0.39, 0.29) is 17.7 Å². The molecular formula is C15H14BrClFNO. The van der Waals surface area contributed by atoms with E-state index >= 15 is 0 Å². The molecule has 0 saturated carbocycles. The normalized spacial score (nSPS) is 12.2. The average molecular weight is 359 g/mol. The summed E-state index contributed by atoms with van der Waals surface area (Å²) in [5, 5.41) is 0.104. The molecule has 0 aliphatic rings. The van der Waals surface area contributed by atoms with E-state index < -0.39 is 5.82 Å². The van der Waals surface area contributed by atoms with Gasteiger partial charge >= 0.3 is 0 Å². The van der Waals surface area contributed by atoms with E-state index in [1.807, 2.05) is 25.1 Å². The van der Waals surface area contributed by atoms with Gasteiger partial charge in [-0.25, -0.2) is 4.39 Å². The van der Waals surface area contributed by atoms with Gasteiger partial charge < -0.3 is 10.5 Å². The number of hydrogen-bond donors (Lipinski definition) is 1. The van der Waals surface area contributed by atoms with E-state index in [9.17, 15) is 4.39 Å². The van der Waals surface area contributed by atoms with Crippen molar-refractivity contribution in [2.24, 2.45) is 5.73 Å². The lowest BCUT2D eigenvalue weighted by Gasteiger charge is -2.14. The Morgan fingerprint density at radius 3 is 2.70 bits per heavy atom. The molecule has 2 N–H and O–H groups in total. The zero-order valence-electron chi connectivity index (χ0n) is 10.9. The van der Waals surface area contributed by atoms with Gasteiger partial charge in [-0.05, 0) is 36.8 Å². The summed E-state index contributed by atoms with van der Waals surface area (Å²) in [5.74, 6) is 0.235. The van der Waals surface area contributed by atoms with Gasteiger partial charge in [0.1, 0.15) is 18.2 Å². The van der Waals surface area contributed by atoms with Crippen LogP contribution in [-0.4, -0.2) is 0 Å². The molecule has 0 saturated heterocycles. The van der Waals surface area contributed by atoms with Gasteiger partial charge in [-0.1, -0.05) is 39.7 Å². The summed E-state index contributed by atoms with van der Waals surface area (Å²) in [6.45, 7) is 2.14. The third kappa shape index (κ3) is 3.72. The van der Waals surface area contributed by atoms with E-state index in [4.69, 9.17) is 22.1 Å². The molecule has 0 fully saturated rings. The highest BCUT2D eigenvalue weighted by Crippen LogP contribution is 2.28. The zero-order valence-corrected chi connectivity index (χ0v) is 13.2. The molecule has 106 valence electrons. The molecule has 0 radical (unpaired) electrons. The van der Waals surface area contributed by atoms with Gasteiger partial charge in [-0.15, -0.1) is 0 Å². The maximum Gasteiger partial charge on any atom is 0.142 e. The number of ether oxygens (including phenoxy) is 1. The number of rotatable bonds is 4. The SMILES string of the molecule is C[C@@H](N)c1ccc(Br)cc1OCc1ccc(Cl)c(F)c1. The number of nitrogens with two attached hydrogens (primary N) is 1. The topological polar surface area (TPSA) is 35.2 Å². The van der Waals surface area contributed by atoms with Gasteiger partial charge in [0.25, 0.3) is 0 Å². The third-order valence-corrected chi connectivity index (χ3v) is 3.64. The third-order valence-electron chi connectivity index (χ3n) is 2.84. The summed E-state index contributed by atoms with van der Waals surface area (Å²) >= 11 is 9.04. The summed E-state index contributed by atoms with van der Waals surface area (Å²) in [6, 6.07) is 10.1. The van der Waals surface area contributed by atoms with Crippen LogP contribution in [0.2, 0.25) is 5.02 Å². The second-order valence-corrected chi connectivity index (χ2v) is 5.83. The molecule has 0 aliphatic heterocycles. The summed E-state index contributed by atoms with van der Waals surface area (Å²) in [5.41, 5.74) is 7.52. The van der Waals surface area contributed by atoms with Crippen molar-refractivity contribution in [3.8, 4) is 5.75 Å². The monoisotopic (exact) mass is 357 g/mol. The minimum atomic E-state index is -0.450. The second kappa shape index (κ2) is 6.57. The molecular weight excluding hydrogens is 345 g/mol. The first-order chi connectivity index (χ1) is 9.47. The minimum absolute atomic E-state index is 0.104. The fourth-order valence-corrected chi connectivity index (χ4v) is 2.26. The van der Waals surface area contributed by atoms with E-state index in [1.54, 1.807) is 6.07 Å². The van der Waals surface area contributed by atoms with Crippen LogP contribution in [0.1, 0.15) is 24.1 Å². The Kier molecular flexibility index (Phi) is 5.02. The Bertz CT molecular complexity index is 619. The van der Waals surface area contributed by atoms with Gasteiger partial charge in [0.05, 0.1) is 5.02 Å². The highest BCUT2D eigenvalue weighted by molar-refractivity contribution is 9.10. The Balaban J connectivity index is 2.17. The quantitative estimate of drug-likeness (QED) is 0.848. The fourth-order valence-electron chi connectivity index (χ4n) is 1.80. The molecule has 0 aromatic heterocycles. The predicted octanol–water partition coefficient (Wildman–Crippen LogP) is 4.84. The number of halogens is 3. The van der Waals surface area contributed by atoms with Crippen molar-refractivity contribution in [2.75, 3.05) is 0 Å². The molecule has 2 nitrogen and oxygen atoms in total. The molecule has 0 spiro atoms. The van der Waals surface area contributed by atoms with Crippen LogP contribution in [0.25, 0.3) is 0 Å². The first-order valence-corrected chi connectivity index (χ1v) is 7.26. The number of benzene rings is 2. The van der Waals surface area contributed by atoms with Crippen LogP contribution >= 0.6 is 27.5 Å². The molecule has 0 bridgehead atoms. The van der Waals surface area contributed by atoms with E-state index in [0.29, 0.717) is 11.3 Å². The van der Waals surface area contributed by atoms with E-state index in [0.717, 1.165) is 10.0 Å². The largest absolute Gasteiger partial charge is 0.489 e. The van der Waals surface area contributed by atoms with Gasteiger partial charge in [-0.3, -0.25) is 0 Å². The van der Waals surface area contributed by atoms with Gasteiger partial charge in [-0.2, -0.15) is 0 Å². The second-order valence-electron chi connectivity index (χ2n) is 4.51. The minimum Gasteiger partial charge on any atom is -0.489 e. The van der Waals surface area contributed by atoms with Crippen LogP contribution in [0.15, 0.2) is 40.9 Å². The smallest absolute Gasteiger partial charge is 0.142 e. The van der Waals surface area contributed by atoms with Gasteiger partial charge in [0.15, 0.2) is 0 Å². The fraction of sp³-hybridized carbons (Fsp3) is 0.200. The van der Waals surface area contributed by atoms with Crippen molar-refractivity contribution in [3.05, 3.63) is 62.8 Å². The predicted molar refractivity (Wildman–Crippen MR) is 82.5 cm³/mol. The molecule has 2 rings (SSSR count). The number of hydrogen-bond acceptors (Lipinski definition) is 2. The summed E-state index contributed by atoms with van der Waals surface area (Å²) in [4.78, 5) is 0. The van der Waals surface area contributed by atoms with Crippen molar-refractivity contribution in [3.63, 3.8) is 0 Å². The van der Waals surface area contributed by atoms with Crippen molar-refractivity contribution >= 4 is 27.5 Å². The highest BCUT2D eigenvalue weighted by Gasteiger charge is 2.09. The maximum absolute atomic E-state index is 13.4. The van der Waals surface area contributed by atoms with Crippen LogP contribution in [0.4, 0.5) is 4.39 Å². The zero-order chi connectivity index (χ0) is 14.7. The standard InChI is InChI=1S/C15H14BrClFNO/c1-9(19)12-4-3-11(16)7-15(12)20-8-10-2-5-13(17)14(18)6-10/h2-7,9H,8,19H2,1H3/t9-/m1/s1. The maximum atomic E-state index is 13.4. The van der Waals surface area contributed by atoms with Crippen LogP contribution in [0.3, 0.4) is 0 Å². The molecule has 1 atom stereocenters. The average Bonchev–Trinajstić information content (AvgIpc) is 2.40. The van der Waals surface area contributed by atoms with Crippen LogP contribution in [-0.2, 0) is 6.61 Å². The lowest BCUT2D eigenvalue weighted by Crippen LogP contribution is -2.08. The molecule has 0 heterocycles. The first kappa shape index (κ1) is 15.3. The first-order valence-electron chi connectivity index (χ1n) is 6.09. The van der Waals surface area contributed by atoms with Crippen LogP contribution in [0.5, 0.6) is 5.75 Å². The van der Waals surface area contributed by atoms with E-state index in [2.05, 4.69) is 15.9 Å². The molecule has 0 amide bonds. The molecule has 20 heavy (non-hydrogen) atoms. The molecule has 0 aliphatic carbocycles. The summed E-state index contributed by atoms with van der Waals surface area (Å²) in [7, 11) is 0. The summed E-state index contributed by atoms with van der Waals surface area (Å²) < 4.78 is 20.0. The van der Waals surface area contributed by atoms with Crippen molar-refractivity contribution < 1.29 is 9.13 Å². The van der Waals surface area contributed by atoms with Gasteiger partial charge in [0, 0.05) is 16.1 Å². The van der Waals surface area contributed by atoms with Crippen molar-refractivity contribution in [2.45, 2.75) is 19.6 Å². The Morgan fingerprint density at radius 1 is 1.30 bits per heavy atom. The Morgan fingerprint density at radius 2 is 2.05 bits per heavy atom. The van der Waals surface area contributed by atoms with Crippen molar-refractivity contribution in [1.82, 2.24) is 0 Å². The molecule has 2 aromatic carbocycles. The Hall–Kier alpha value is -1.10. The van der Waals surface area contributed by atoms with Gasteiger partial charge in [0.2, 0.25) is 0 Å². The van der Waals surface area contributed by atoms with Crippen molar-refractivity contribution in [1.29, 1.82) is 0 Å². The molecule has 2 aromatic rings. The van der Waals surface area contributed by atoms with E-state index in [1.165, 1.54) is 12.1 Å². The lowest BCUT2D eigenvalue weighted by molar-refractivity contribution is 0.300. The summed E-state index contributed by atoms with van der Waals surface area (Å²) in [6.07, 6.45) is 0. The van der Waals surface area contributed by atoms with Crippen LogP contribution in [0, 0.1) is 5.82 Å². The Labute approximate surface area is 130 Å². The lowest BCUT2D eigenvalue weighted by atomic mass is 10.1.